The van der Waals surface area contributed by atoms with Crippen LogP contribution in [0.4, 0.5) is 0 Å². The Morgan fingerprint density at radius 2 is 1.86 bits per heavy atom. The third-order valence-electron chi connectivity index (χ3n) is 1.92. The average molecular weight is 193 g/mol. The van der Waals surface area contributed by atoms with E-state index in [-0.39, 0.29) is 0 Å². The van der Waals surface area contributed by atoms with E-state index in [0.29, 0.717) is 5.92 Å². The van der Waals surface area contributed by atoms with Crippen molar-refractivity contribution in [3.05, 3.63) is 35.4 Å². The van der Waals surface area contributed by atoms with E-state index < -0.39 is 0 Å². The topological polar surface area (TPSA) is 21.3 Å². The van der Waals surface area contributed by atoms with Crippen LogP contribution >= 0.6 is 0 Å². The van der Waals surface area contributed by atoms with Gasteiger partial charge in [0, 0.05) is 6.54 Å². The smallest absolute Gasteiger partial charge is 0.0705 e. The molecule has 14 heavy (non-hydrogen) atoms. The van der Waals surface area contributed by atoms with Gasteiger partial charge in [-0.3, -0.25) is 0 Å². The van der Waals surface area contributed by atoms with Gasteiger partial charge >= 0.3 is 0 Å². The first-order chi connectivity index (χ1) is 6.68. The van der Waals surface area contributed by atoms with Gasteiger partial charge in [-0.1, -0.05) is 43.7 Å². The zero-order chi connectivity index (χ0) is 10.4. The molecule has 0 radical (unpaired) electrons. The third-order valence-corrected chi connectivity index (χ3v) is 1.92. The highest BCUT2D eigenvalue weighted by Gasteiger charge is 1.94. The van der Waals surface area contributed by atoms with Crippen LogP contribution in [-0.4, -0.2) is 6.61 Å². The summed E-state index contributed by atoms with van der Waals surface area (Å²) in [4.78, 5) is 5.28. The molecule has 0 aliphatic carbocycles. The maximum atomic E-state index is 5.28. The Kier molecular flexibility index (Phi) is 4.63. The van der Waals surface area contributed by atoms with Gasteiger partial charge in [-0.05, 0) is 18.4 Å². The molecule has 0 heterocycles. The predicted octanol–water partition coefficient (Wildman–Crippen LogP) is 2.67. The lowest BCUT2D eigenvalue weighted by Crippen LogP contribution is -2.17. The molecular weight excluding hydrogens is 174 g/mol. The standard InChI is InChI=1S/C12H19NO/c1-10(2)9-14-13-8-12-6-4-11(3)5-7-12/h4-7,10,13H,8-9H2,1-3H3. The fraction of sp³-hybridized carbons (Fsp3) is 0.500. The van der Waals surface area contributed by atoms with E-state index in [1.807, 2.05) is 0 Å². The van der Waals surface area contributed by atoms with Gasteiger partial charge in [0.2, 0.25) is 0 Å². The van der Waals surface area contributed by atoms with Crippen LogP contribution in [0, 0.1) is 12.8 Å². The highest BCUT2D eigenvalue weighted by Crippen LogP contribution is 2.02. The number of aryl methyl sites for hydroxylation is 1. The van der Waals surface area contributed by atoms with E-state index >= 15 is 0 Å². The van der Waals surface area contributed by atoms with Crippen molar-refractivity contribution in [1.29, 1.82) is 0 Å². The van der Waals surface area contributed by atoms with Crippen LogP contribution in [0.2, 0.25) is 0 Å². The van der Waals surface area contributed by atoms with E-state index in [2.05, 4.69) is 50.5 Å². The van der Waals surface area contributed by atoms with Crippen molar-refractivity contribution in [2.45, 2.75) is 27.3 Å². The Morgan fingerprint density at radius 1 is 1.21 bits per heavy atom. The summed E-state index contributed by atoms with van der Waals surface area (Å²) in [7, 11) is 0. The Hall–Kier alpha value is -0.860. The summed E-state index contributed by atoms with van der Waals surface area (Å²) < 4.78 is 0. The van der Waals surface area contributed by atoms with Gasteiger partial charge in [0.25, 0.3) is 0 Å². The molecule has 78 valence electrons. The fourth-order valence-corrected chi connectivity index (χ4v) is 1.07. The summed E-state index contributed by atoms with van der Waals surface area (Å²) >= 11 is 0. The van der Waals surface area contributed by atoms with Crippen molar-refractivity contribution in [1.82, 2.24) is 5.48 Å². The van der Waals surface area contributed by atoms with Gasteiger partial charge in [0.1, 0.15) is 0 Å². The molecule has 0 bridgehead atoms. The Labute approximate surface area is 86.2 Å². The molecule has 0 saturated carbocycles. The molecule has 1 aromatic carbocycles. The Balaban J connectivity index is 2.21. The maximum Gasteiger partial charge on any atom is 0.0705 e. The van der Waals surface area contributed by atoms with Crippen molar-refractivity contribution < 1.29 is 4.84 Å². The van der Waals surface area contributed by atoms with Gasteiger partial charge in [-0.25, -0.2) is 0 Å². The second-order valence-corrected chi connectivity index (χ2v) is 4.01. The average Bonchev–Trinajstić information content (AvgIpc) is 2.15. The van der Waals surface area contributed by atoms with Crippen LogP contribution < -0.4 is 5.48 Å². The van der Waals surface area contributed by atoms with E-state index in [1.54, 1.807) is 0 Å². The SMILES string of the molecule is Cc1ccc(CNOCC(C)C)cc1. The molecule has 2 nitrogen and oxygen atoms in total. The van der Waals surface area contributed by atoms with Crippen LogP contribution in [0.25, 0.3) is 0 Å². The summed E-state index contributed by atoms with van der Waals surface area (Å²) in [5.41, 5.74) is 5.49. The molecule has 0 atom stereocenters. The van der Waals surface area contributed by atoms with E-state index in [9.17, 15) is 0 Å². The Morgan fingerprint density at radius 3 is 2.43 bits per heavy atom. The normalized spacial score (nSPS) is 10.9. The number of hydrogen-bond acceptors (Lipinski definition) is 2. The molecule has 1 N–H and O–H groups in total. The third kappa shape index (κ3) is 4.40. The lowest BCUT2D eigenvalue weighted by Gasteiger charge is -2.07. The first-order valence-electron chi connectivity index (χ1n) is 5.08. The highest BCUT2D eigenvalue weighted by molar-refractivity contribution is 5.20. The first kappa shape index (κ1) is 11.2. The highest BCUT2D eigenvalue weighted by atomic mass is 16.6. The summed E-state index contributed by atoms with van der Waals surface area (Å²) in [6.45, 7) is 7.88. The first-order valence-corrected chi connectivity index (χ1v) is 5.08. The van der Waals surface area contributed by atoms with Crippen LogP contribution in [0.5, 0.6) is 0 Å². The number of benzene rings is 1. The molecule has 0 fully saturated rings. The number of nitrogens with one attached hydrogen (secondary N) is 1. The lowest BCUT2D eigenvalue weighted by molar-refractivity contribution is 0.0196. The van der Waals surface area contributed by atoms with Crippen molar-refractivity contribution in [2.24, 2.45) is 5.92 Å². The van der Waals surface area contributed by atoms with Crippen molar-refractivity contribution in [2.75, 3.05) is 6.61 Å². The number of hydroxylamine groups is 1. The maximum absolute atomic E-state index is 5.28. The van der Waals surface area contributed by atoms with Crippen molar-refractivity contribution in [3.63, 3.8) is 0 Å². The molecule has 2 heteroatoms. The summed E-state index contributed by atoms with van der Waals surface area (Å²) in [6, 6.07) is 8.45. The lowest BCUT2D eigenvalue weighted by atomic mass is 10.2. The molecule has 0 aliphatic rings. The van der Waals surface area contributed by atoms with Gasteiger partial charge in [0.15, 0.2) is 0 Å². The fourth-order valence-electron chi connectivity index (χ4n) is 1.07. The second kappa shape index (κ2) is 5.78. The minimum Gasteiger partial charge on any atom is -0.301 e. The number of hydrogen-bond donors (Lipinski definition) is 1. The van der Waals surface area contributed by atoms with Crippen LogP contribution in [0.3, 0.4) is 0 Å². The van der Waals surface area contributed by atoms with Crippen LogP contribution in [0.15, 0.2) is 24.3 Å². The van der Waals surface area contributed by atoms with Gasteiger partial charge in [-0.15, -0.1) is 0 Å². The minimum absolute atomic E-state index is 0.570. The summed E-state index contributed by atoms with van der Waals surface area (Å²) in [5, 5.41) is 0. The van der Waals surface area contributed by atoms with Crippen molar-refractivity contribution in [3.8, 4) is 0 Å². The molecule has 0 unspecified atom stereocenters. The molecule has 0 saturated heterocycles. The molecule has 0 spiro atoms. The van der Waals surface area contributed by atoms with E-state index in [4.69, 9.17) is 4.84 Å². The monoisotopic (exact) mass is 193 g/mol. The molecular formula is C12H19NO. The molecule has 0 amide bonds. The quantitative estimate of drug-likeness (QED) is 0.573. The van der Waals surface area contributed by atoms with Gasteiger partial charge in [0.05, 0.1) is 6.61 Å². The molecule has 0 aliphatic heterocycles. The van der Waals surface area contributed by atoms with Crippen LogP contribution in [-0.2, 0) is 11.4 Å². The minimum atomic E-state index is 0.570. The summed E-state index contributed by atoms with van der Waals surface area (Å²) in [6.07, 6.45) is 0. The van der Waals surface area contributed by atoms with Crippen LogP contribution in [0.1, 0.15) is 25.0 Å². The zero-order valence-corrected chi connectivity index (χ0v) is 9.21. The Bertz CT molecular complexity index is 254. The van der Waals surface area contributed by atoms with Gasteiger partial charge in [-0.2, -0.15) is 5.48 Å². The zero-order valence-electron chi connectivity index (χ0n) is 9.21. The van der Waals surface area contributed by atoms with Gasteiger partial charge < -0.3 is 4.84 Å². The second-order valence-electron chi connectivity index (χ2n) is 4.01. The molecule has 1 rings (SSSR count). The predicted molar refractivity (Wildman–Crippen MR) is 58.8 cm³/mol. The van der Waals surface area contributed by atoms with Crippen molar-refractivity contribution >= 4 is 0 Å². The van der Waals surface area contributed by atoms with E-state index in [0.717, 1.165) is 13.2 Å². The van der Waals surface area contributed by atoms with E-state index in [1.165, 1.54) is 11.1 Å². The molecule has 0 aromatic heterocycles. The summed E-state index contributed by atoms with van der Waals surface area (Å²) in [5.74, 6) is 0.570. The number of rotatable bonds is 5. The molecule has 1 aromatic rings. The largest absolute Gasteiger partial charge is 0.301 e.